The van der Waals surface area contributed by atoms with E-state index in [-0.39, 0.29) is 6.09 Å². The summed E-state index contributed by atoms with van der Waals surface area (Å²) in [5.41, 5.74) is 0.307. The maximum atomic E-state index is 11.9. The van der Waals surface area contributed by atoms with Crippen LogP contribution >= 0.6 is 0 Å². The highest BCUT2D eigenvalue weighted by Gasteiger charge is 2.33. The van der Waals surface area contributed by atoms with E-state index in [9.17, 15) is 4.79 Å². The first-order chi connectivity index (χ1) is 9.87. The van der Waals surface area contributed by atoms with Crippen LogP contribution in [0.3, 0.4) is 0 Å². The fourth-order valence-corrected chi connectivity index (χ4v) is 4.04. The van der Waals surface area contributed by atoms with Crippen LogP contribution in [0.4, 0.5) is 4.79 Å². The number of carbonyl (C=O) groups excluding carboxylic acids is 1. The Hall–Kier alpha value is -0.770. The van der Waals surface area contributed by atoms with Crippen molar-refractivity contribution in [2.24, 2.45) is 11.3 Å². The molecule has 0 aromatic heterocycles. The molecular weight excluding hydrogens is 264 g/mol. The fourth-order valence-electron chi connectivity index (χ4n) is 4.04. The van der Waals surface area contributed by atoms with Gasteiger partial charge in [-0.05, 0) is 37.0 Å². The second-order valence-corrected chi connectivity index (χ2v) is 8.09. The number of likely N-dealkylation sites (tertiary alicyclic amines) is 1. The predicted molar refractivity (Wildman–Crippen MR) is 85.3 cm³/mol. The van der Waals surface area contributed by atoms with Crippen LogP contribution in [0, 0.1) is 11.3 Å². The lowest BCUT2D eigenvalue weighted by Crippen LogP contribution is -2.53. The Balaban J connectivity index is 1.96. The zero-order chi connectivity index (χ0) is 15.5. The Bertz CT molecular complexity index is 345. The largest absolute Gasteiger partial charge is 0.453 e. The highest BCUT2D eigenvalue weighted by Crippen LogP contribution is 2.31. The molecule has 0 aromatic carbocycles. The van der Waals surface area contributed by atoms with E-state index in [1.165, 1.54) is 39.2 Å². The number of hydrogen-bond acceptors (Lipinski definition) is 3. The van der Waals surface area contributed by atoms with Crippen LogP contribution in [0.2, 0.25) is 0 Å². The van der Waals surface area contributed by atoms with Gasteiger partial charge in [-0.25, -0.2) is 4.79 Å². The van der Waals surface area contributed by atoms with Crippen molar-refractivity contribution in [1.29, 1.82) is 0 Å². The normalized spacial score (nSPS) is 27.9. The van der Waals surface area contributed by atoms with Crippen LogP contribution in [0.15, 0.2) is 0 Å². The van der Waals surface area contributed by atoms with Crippen LogP contribution in [0.25, 0.3) is 0 Å². The average Bonchev–Trinajstić information content (AvgIpc) is 2.88. The molecule has 1 saturated carbocycles. The lowest BCUT2D eigenvalue weighted by molar-refractivity contribution is 0.0787. The lowest BCUT2D eigenvalue weighted by Gasteiger charge is -2.40. The van der Waals surface area contributed by atoms with Gasteiger partial charge in [0, 0.05) is 25.2 Å². The quantitative estimate of drug-likeness (QED) is 0.867. The third kappa shape index (κ3) is 5.17. The topological polar surface area (TPSA) is 41.6 Å². The first-order valence-electron chi connectivity index (χ1n) is 8.46. The second-order valence-electron chi connectivity index (χ2n) is 8.09. The van der Waals surface area contributed by atoms with Gasteiger partial charge in [0.2, 0.25) is 0 Å². The molecule has 1 N–H and O–H groups in total. The van der Waals surface area contributed by atoms with Crippen molar-refractivity contribution in [3.8, 4) is 0 Å². The molecule has 1 saturated heterocycles. The Morgan fingerprint density at radius 2 is 1.86 bits per heavy atom. The number of nitrogens with zero attached hydrogens (tertiary/aromatic N) is 1. The highest BCUT2D eigenvalue weighted by molar-refractivity contribution is 5.67. The molecule has 0 spiro atoms. The van der Waals surface area contributed by atoms with Crippen molar-refractivity contribution in [2.75, 3.05) is 20.2 Å². The summed E-state index contributed by atoms with van der Waals surface area (Å²) in [7, 11) is 1.48. The van der Waals surface area contributed by atoms with Gasteiger partial charge in [0.05, 0.1) is 7.11 Å². The molecule has 2 atom stereocenters. The molecule has 21 heavy (non-hydrogen) atoms. The van der Waals surface area contributed by atoms with Crippen LogP contribution in [0.5, 0.6) is 0 Å². The van der Waals surface area contributed by atoms with Crippen LogP contribution in [0.1, 0.15) is 59.3 Å². The van der Waals surface area contributed by atoms with E-state index in [1.807, 2.05) is 4.90 Å². The van der Waals surface area contributed by atoms with Gasteiger partial charge in [-0.15, -0.1) is 0 Å². The summed E-state index contributed by atoms with van der Waals surface area (Å²) in [6.45, 7) is 8.48. The van der Waals surface area contributed by atoms with Gasteiger partial charge in [-0.3, -0.25) is 0 Å². The minimum Gasteiger partial charge on any atom is -0.453 e. The molecule has 1 aliphatic heterocycles. The number of amides is 1. The molecule has 2 unspecified atom stereocenters. The smallest absolute Gasteiger partial charge is 0.409 e. The van der Waals surface area contributed by atoms with Crippen molar-refractivity contribution in [1.82, 2.24) is 10.2 Å². The van der Waals surface area contributed by atoms with E-state index in [0.717, 1.165) is 19.5 Å². The summed E-state index contributed by atoms with van der Waals surface area (Å²) in [4.78, 5) is 13.8. The average molecular weight is 296 g/mol. The molecular formula is C17H32N2O2. The zero-order valence-corrected chi connectivity index (χ0v) is 14.2. The van der Waals surface area contributed by atoms with Crippen LogP contribution in [-0.4, -0.2) is 43.3 Å². The number of piperidine rings is 1. The predicted octanol–water partition coefficient (Wildman–Crippen LogP) is 3.41. The number of methoxy groups -OCH3 is 1. The van der Waals surface area contributed by atoms with Crippen molar-refractivity contribution in [2.45, 2.75) is 71.4 Å². The zero-order valence-electron chi connectivity index (χ0n) is 14.2. The summed E-state index contributed by atoms with van der Waals surface area (Å²) in [6.07, 6.45) is 7.43. The van der Waals surface area contributed by atoms with E-state index in [1.54, 1.807) is 0 Å². The van der Waals surface area contributed by atoms with Gasteiger partial charge in [0.15, 0.2) is 0 Å². The van der Waals surface area contributed by atoms with Gasteiger partial charge >= 0.3 is 6.09 Å². The molecule has 4 heteroatoms. The molecule has 1 heterocycles. The van der Waals surface area contributed by atoms with E-state index in [2.05, 4.69) is 26.1 Å². The lowest BCUT2D eigenvalue weighted by atomic mass is 9.80. The Morgan fingerprint density at radius 1 is 1.19 bits per heavy atom. The Labute approximate surface area is 129 Å². The van der Waals surface area contributed by atoms with Gasteiger partial charge in [0.1, 0.15) is 0 Å². The molecule has 1 amide bonds. The molecule has 0 radical (unpaired) electrons. The molecule has 1 aliphatic carbocycles. The molecule has 2 rings (SSSR count). The summed E-state index contributed by atoms with van der Waals surface area (Å²) in [5.74, 6) is 0.566. The SMILES string of the molecule is COC(=O)N1CC(CC(C)(C)C)CC(NC2CCCC2)C1. The molecule has 122 valence electrons. The second kappa shape index (κ2) is 6.99. The van der Waals surface area contributed by atoms with Crippen molar-refractivity contribution >= 4 is 6.09 Å². The number of hydrogen-bond donors (Lipinski definition) is 1. The van der Waals surface area contributed by atoms with Crippen molar-refractivity contribution in [3.63, 3.8) is 0 Å². The first kappa shape index (κ1) is 16.6. The summed E-state index contributed by atoms with van der Waals surface area (Å²) >= 11 is 0. The number of rotatable bonds is 3. The monoisotopic (exact) mass is 296 g/mol. The summed E-state index contributed by atoms with van der Waals surface area (Å²) < 4.78 is 4.95. The fraction of sp³-hybridized carbons (Fsp3) is 0.941. The number of nitrogens with one attached hydrogen (secondary N) is 1. The van der Waals surface area contributed by atoms with Gasteiger partial charge in [-0.2, -0.15) is 0 Å². The van der Waals surface area contributed by atoms with Crippen molar-refractivity contribution < 1.29 is 9.53 Å². The highest BCUT2D eigenvalue weighted by atomic mass is 16.5. The summed E-state index contributed by atoms with van der Waals surface area (Å²) in [6, 6.07) is 1.08. The van der Waals surface area contributed by atoms with Gasteiger partial charge < -0.3 is 15.0 Å². The van der Waals surface area contributed by atoms with Gasteiger partial charge in [0.25, 0.3) is 0 Å². The molecule has 2 aliphatic rings. The third-order valence-corrected chi connectivity index (χ3v) is 4.70. The van der Waals surface area contributed by atoms with E-state index < -0.39 is 0 Å². The Morgan fingerprint density at radius 3 is 2.43 bits per heavy atom. The number of carbonyl (C=O) groups is 1. The maximum absolute atomic E-state index is 11.9. The van der Waals surface area contributed by atoms with E-state index >= 15 is 0 Å². The third-order valence-electron chi connectivity index (χ3n) is 4.70. The van der Waals surface area contributed by atoms with Crippen LogP contribution in [-0.2, 0) is 4.74 Å². The Kier molecular flexibility index (Phi) is 5.53. The number of ether oxygens (including phenoxy) is 1. The standard InChI is InChI=1S/C17H32N2O2/c1-17(2,3)10-13-9-15(18-14-7-5-6-8-14)12-19(11-13)16(20)21-4/h13-15,18H,5-12H2,1-4H3. The van der Waals surface area contributed by atoms with E-state index in [4.69, 9.17) is 4.74 Å². The van der Waals surface area contributed by atoms with E-state index in [0.29, 0.717) is 23.4 Å². The molecule has 0 bridgehead atoms. The van der Waals surface area contributed by atoms with Crippen molar-refractivity contribution in [3.05, 3.63) is 0 Å². The molecule has 2 fully saturated rings. The minimum absolute atomic E-state index is 0.174. The maximum Gasteiger partial charge on any atom is 0.409 e. The minimum atomic E-state index is -0.174. The van der Waals surface area contributed by atoms with Gasteiger partial charge in [-0.1, -0.05) is 33.6 Å². The summed E-state index contributed by atoms with van der Waals surface area (Å²) in [5, 5.41) is 3.79. The first-order valence-corrected chi connectivity index (χ1v) is 8.46. The molecule has 4 nitrogen and oxygen atoms in total. The molecule has 0 aromatic rings. The van der Waals surface area contributed by atoms with Crippen LogP contribution < -0.4 is 5.32 Å².